The number of rotatable bonds is 5. The van der Waals surface area contributed by atoms with Crippen LogP contribution in [-0.4, -0.2) is 19.7 Å². The predicted octanol–water partition coefficient (Wildman–Crippen LogP) is 4.06. The van der Waals surface area contributed by atoms with Crippen LogP contribution in [0.2, 0.25) is 5.02 Å². The molecule has 0 saturated heterocycles. The number of hydrogen-bond donors (Lipinski definition) is 0. The van der Waals surface area contributed by atoms with Gasteiger partial charge in [0.05, 0.1) is 19.3 Å². The summed E-state index contributed by atoms with van der Waals surface area (Å²) in [7, 11) is 1.36. The van der Waals surface area contributed by atoms with E-state index in [0.717, 1.165) is 16.9 Å². The van der Waals surface area contributed by atoms with E-state index in [1.165, 1.54) is 7.11 Å². The Labute approximate surface area is 129 Å². The van der Waals surface area contributed by atoms with E-state index in [2.05, 4.69) is 0 Å². The highest BCUT2D eigenvalue weighted by atomic mass is 35.5. The van der Waals surface area contributed by atoms with Gasteiger partial charge in [0.15, 0.2) is 0 Å². The van der Waals surface area contributed by atoms with Crippen LogP contribution < -0.4 is 4.74 Å². The molecular formula is C17H17ClO3. The maximum atomic E-state index is 11.6. The van der Waals surface area contributed by atoms with Crippen LogP contribution in [0.4, 0.5) is 0 Å². The second-order valence-electron chi connectivity index (χ2n) is 4.66. The minimum Gasteiger partial charge on any atom is -0.493 e. The normalized spacial score (nSPS) is 10.2. The first-order chi connectivity index (χ1) is 10.1. The average Bonchev–Trinajstić information content (AvgIpc) is 2.50. The Morgan fingerprint density at radius 3 is 2.57 bits per heavy atom. The van der Waals surface area contributed by atoms with E-state index in [0.29, 0.717) is 23.6 Å². The molecule has 0 unspecified atom stereocenters. The van der Waals surface area contributed by atoms with Crippen molar-refractivity contribution in [3.63, 3.8) is 0 Å². The van der Waals surface area contributed by atoms with E-state index in [9.17, 15) is 4.79 Å². The van der Waals surface area contributed by atoms with Gasteiger partial charge in [-0.05, 0) is 36.2 Å². The molecule has 21 heavy (non-hydrogen) atoms. The Bertz CT molecular complexity index is 623. The van der Waals surface area contributed by atoms with Gasteiger partial charge >= 0.3 is 5.97 Å². The summed E-state index contributed by atoms with van der Waals surface area (Å²) < 4.78 is 10.4. The molecule has 3 nitrogen and oxygen atoms in total. The summed E-state index contributed by atoms with van der Waals surface area (Å²) in [5, 5.41) is 0.553. The highest BCUT2D eigenvalue weighted by Crippen LogP contribution is 2.23. The second kappa shape index (κ2) is 7.14. The fraction of sp³-hybridized carbons (Fsp3) is 0.235. The van der Waals surface area contributed by atoms with Crippen molar-refractivity contribution in [1.82, 2.24) is 0 Å². The van der Waals surface area contributed by atoms with Crippen LogP contribution in [0.1, 0.15) is 21.5 Å². The summed E-state index contributed by atoms with van der Waals surface area (Å²) in [4.78, 5) is 11.6. The molecule has 0 aromatic heterocycles. The van der Waals surface area contributed by atoms with Gasteiger partial charge < -0.3 is 9.47 Å². The largest absolute Gasteiger partial charge is 0.493 e. The number of halogens is 1. The topological polar surface area (TPSA) is 35.5 Å². The van der Waals surface area contributed by atoms with Gasteiger partial charge in [0.25, 0.3) is 0 Å². The molecular weight excluding hydrogens is 288 g/mol. The van der Waals surface area contributed by atoms with Crippen molar-refractivity contribution in [2.75, 3.05) is 13.7 Å². The molecule has 110 valence electrons. The van der Waals surface area contributed by atoms with E-state index in [-0.39, 0.29) is 5.97 Å². The molecule has 2 aromatic rings. The Balaban J connectivity index is 2.04. The molecule has 0 spiro atoms. The molecule has 0 heterocycles. The maximum Gasteiger partial charge on any atom is 0.338 e. The number of carbonyl (C=O) groups is 1. The molecule has 0 fully saturated rings. The summed E-state index contributed by atoms with van der Waals surface area (Å²) in [6.07, 6.45) is 0.677. The summed E-state index contributed by atoms with van der Waals surface area (Å²) in [5.41, 5.74) is 2.30. The highest BCUT2D eigenvalue weighted by molar-refractivity contribution is 6.31. The monoisotopic (exact) mass is 304 g/mol. The van der Waals surface area contributed by atoms with Gasteiger partial charge in [-0.1, -0.05) is 35.9 Å². The molecule has 4 heteroatoms. The van der Waals surface area contributed by atoms with E-state index in [1.54, 1.807) is 6.07 Å². The third-order valence-electron chi connectivity index (χ3n) is 3.18. The molecule has 0 aliphatic heterocycles. The third kappa shape index (κ3) is 3.99. The molecule has 0 aliphatic rings. The van der Waals surface area contributed by atoms with Crippen LogP contribution in [0.3, 0.4) is 0 Å². The van der Waals surface area contributed by atoms with Crippen LogP contribution in [0.15, 0.2) is 42.5 Å². The lowest BCUT2D eigenvalue weighted by atomic mass is 10.0. The van der Waals surface area contributed by atoms with Crippen LogP contribution in [0, 0.1) is 6.92 Å². The lowest BCUT2D eigenvalue weighted by Crippen LogP contribution is -2.07. The van der Waals surface area contributed by atoms with E-state index in [1.807, 2.05) is 43.3 Å². The highest BCUT2D eigenvalue weighted by Gasteiger charge is 2.12. The SMILES string of the molecule is COC(=O)c1cc(Cl)c(CCOc2ccccc2)cc1C. The predicted molar refractivity (Wildman–Crippen MR) is 83.2 cm³/mol. The van der Waals surface area contributed by atoms with Crippen molar-refractivity contribution in [2.24, 2.45) is 0 Å². The van der Waals surface area contributed by atoms with Gasteiger partial charge in [-0.2, -0.15) is 0 Å². The van der Waals surface area contributed by atoms with Gasteiger partial charge in [0, 0.05) is 11.4 Å². The zero-order chi connectivity index (χ0) is 15.2. The lowest BCUT2D eigenvalue weighted by Gasteiger charge is -2.11. The molecule has 2 aromatic carbocycles. The standard InChI is InChI=1S/C17H17ClO3/c1-12-10-13(16(18)11-15(12)17(19)20-2)8-9-21-14-6-4-3-5-7-14/h3-7,10-11H,8-9H2,1-2H3. The number of esters is 1. The molecule has 0 N–H and O–H groups in total. The number of methoxy groups -OCH3 is 1. The van der Waals surface area contributed by atoms with E-state index in [4.69, 9.17) is 21.1 Å². The quantitative estimate of drug-likeness (QED) is 0.782. The van der Waals surface area contributed by atoms with Gasteiger partial charge in [-0.15, -0.1) is 0 Å². The van der Waals surface area contributed by atoms with Crippen molar-refractivity contribution >= 4 is 17.6 Å². The van der Waals surface area contributed by atoms with Crippen LogP contribution in [0.5, 0.6) is 5.75 Å². The summed E-state index contributed by atoms with van der Waals surface area (Å²) in [6.45, 7) is 2.39. The van der Waals surface area contributed by atoms with Gasteiger partial charge in [-0.3, -0.25) is 0 Å². The molecule has 0 amide bonds. The van der Waals surface area contributed by atoms with E-state index < -0.39 is 0 Å². The minimum absolute atomic E-state index is 0.374. The number of ether oxygens (including phenoxy) is 2. The second-order valence-corrected chi connectivity index (χ2v) is 5.07. The molecule has 0 aliphatic carbocycles. The zero-order valence-corrected chi connectivity index (χ0v) is 12.8. The summed E-state index contributed by atoms with van der Waals surface area (Å²) >= 11 is 6.22. The van der Waals surface area contributed by atoms with Crippen molar-refractivity contribution < 1.29 is 14.3 Å². The van der Waals surface area contributed by atoms with E-state index >= 15 is 0 Å². The average molecular weight is 305 g/mol. The first-order valence-corrected chi connectivity index (χ1v) is 7.05. The first kappa shape index (κ1) is 15.4. The molecule has 2 rings (SSSR count). The Morgan fingerprint density at radius 2 is 1.90 bits per heavy atom. The molecule has 0 radical (unpaired) electrons. The van der Waals surface area contributed by atoms with Crippen molar-refractivity contribution in [2.45, 2.75) is 13.3 Å². The summed E-state index contributed by atoms with van der Waals surface area (Å²) in [5.74, 6) is 0.456. The van der Waals surface area contributed by atoms with Gasteiger partial charge in [0.1, 0.15) is 5.75 Å². The fourth-order valence-electron chi connectivity index (χ4n) is 2.06. The van der Waals surface area contributed by atoms with Crippen molar-refractivity contribution in [3.8, 4) is 5.75 Å². The summed E-state index contributed by atoms with van der Waals surface area (Å²) in [6, 6.07) is 13.2. The van der Waals surface area contributed by atoms with Crippen LogP contribution in [0.25, 0.3) is 0 Å². The van der Waals surface area contributed by atoms with Crippen molar-refractivity contribution in [1.29, 1.82) is 0 Å². The third-order valence-corrected chi connectivity index (χ3v) is 3.53. The smallest absolute Gasteiger partial charge is 0.338 e. The van der Waals surface area contributed by atoms with Crippen LogP contribution >= 0.6 is 11.6 Å². The van der Waals surface area contributed by atoms with Crippen molar-refractivity contribution in [3.05, 3.63) is 64.2 Å². The fourth-order valence-corrected chi connectivity index (χ4v) is 2.32. The van der Waals surface area contributed by atoms with Crippen LogP contribution in [-0.2, 0) is 11.2 Å². The number of carbonyl (C=O) groups excluding carboxylic acids is 1. The molecule has 0 saturated carbocycles. The number of para-hydroxylation sites is 1. The van der Waals surface area contributed by atoms with Gasteiger partial charge in [-0.25, -0.2) is 4.79 Å². The number of aryl methyl sites for hydroxylation is 1. The Morgan fingerprint density at radius 1 is 1.19 bits per heavy atom. The van der Waals surface area contributed by atoms with Gasteiger partial charge in [0.2, 0.25) is 0 Å². The zero-order valence-electron chi connectivity index (χ0n) is 12.1. The Hall–Kier alpha value is -2.00. The lowest BCUT2D eigenvalue weighted by molar-refractivity contribution is 0.0600. The molecule has 0 bridgehead atoms. The number of benzene rings is 2. The first-order valence-electron chi connectivity index (χ1n) is 6.67. The maximum absolute atomic E-state index is 11.6. The number of hydrogen-bond acceptors (Lipinski definition) is 3. The molecule has 0 atom stereocenters. The Kier molecular flexibility index (Phi) is 5.23. The minimum atomic E-state index is -0.374.